The molecule has 0 radical (unpaired) electrons. The zero-order valence-corrected chi connectivity index (χ0v) is 18.5. The lowest BCUT2D eigenvalue weighted by molar-refractivity contribution is 0.0684. The van der Waals surface area contributed by atoms with Gasteiger partial charge in [0.1, 0.15) is 11.4 Å². The minimum atomic E-state index is -0.905. The van der Waals surface area contributed by atoms with Crippen LogP contribution < -0.4 is 10.1 Å². The molecule has 0 bridgehead atoms. The van der Waals surface area contributed by atoms with E-state index in [1.165, 1.54) is 4.88 Å². The smallest absolute Gasteiger partial charge is 0.352 e. The van der Waals surface area contributed by atoms with Gasteiger partial charge in [0.15, 0.2) is 0 Å². The minimum Gasteiger partial charge on any atom is -0.497 e. The highest BCUT2D eigenvalue weighted by Gasteiger charge is 2.22. The Bertz CT molecular complexity index is 1180. The number of nitrogens with one attached hydrogen (secondary N) is 1. The van der Waals surface area contributed by atoms with Gasteiger partial charge in [0.2, 0.25) is 0 Å². The fraction of sp³-hybridized carbons (Fsp3) is 0.240. The summed E-state index contributed by atoms with van der Waals surface area (Å²) in [5.74, 6) is -0.122. The first-order chi connectivity index (χ1) is 15.1. The molecule has 160 valence electrons. The molecule has 2 heterocycles. The second-order valence-electron chi connectivity index (χ2n) is 7.59. The SMILES string of the molecule is COc1ccc(Cn2c(C(=O)O)c(CNCCc3cccs3)c3ccc(C)cc32)cc1. The number of carboxylic acids is 1. The van der Waals surface area contributed by atoms with Gasteiger partial charge in [0.05, 0.1) is 7.11 Å². The summed E-state index contributed by atoms with van der Waals surface area (Å²) in [5, 5.41) is 16.6. The Morgan fingerprint density at radius 1 is 1.16 bits per heavy atom. The molecule has 0 fully saturated rings. The summed E-state index contributed by atoms with van der Waals surface area (Å²) < 4.78 is 7.16. The van der Waals surface area contributed by atoms with Crippen LogP contribution in [0, 0.1) is 6.92 Å². The molecule has 0 amide bonds. The number of hydrogen-bond acceptors (Lipinski definition) is 4. The van der Waals surface area contributed by atoms with E-state index in [0.29, 0.717) is 18.8 Å². The second kappa shape index (κ2) is 9.37. The van der Waals surface area contributed by atoms with E-state index in [-0.39, 0.29) is 0 Å². The highest BCUT2D eigenvalue weighted by Crippen LogP contribution is 2.29. The van der Waals surface area contributed by atoms with E-state index in [9.17, 15) is 9.90 Å². The largest absolute Gasteiger partial charge is 0.497 e. The first-order valence-electron chi connectivity index (χ1n) is 10.3. The van der Waals surface area contributed by atoms with E-state index in [1.807, 2.05) is 47.9 Å². The maximum absolute atomic E-state index is 12.3. The third-order valence-corrected chi connectivity index (χ3v) is 6.39. The van der Waals surface area contributed by atoms with Gasteiger partial charge in [-0.1, -0.05) is 30.3 Å². The second-order valence-corrected chi connectivity index (χ2v) is 8.63. The van der Waals surface area contributed by atoms with Crippen molar-refractivity contribution >= 4 is 28.2 Å². The van der Waals surface area contributed by atoms with Crippen LogP contribution in [0.25, 0.3) is 10.9 Å². The van der Waals surface area contributed by atoms with Crippen molar-refractivity contribution in [2.75, 3.05) is 13.7 Å². The van der Waals surface area contributed by atoms with E-state index < -0.39 is 5.97 Å². The molecule has 4 rings (SSSR count). The van der Waals surface area contributed by atoms with Crippen LogP contribution >= 0.6 is 11.3 Å². The van der Waals surface area contributed by atoms with Crippen LogP contribution in [0.5, 0.6) is 5.75 Å². The van der Waals surface area contributed by atoms with Crippen LogP contribution in [0.2, 0.25) is 0 Å². The first kappa shape index (κ1) is 21.2. The number of aryl methyl sites for hydroxylation is 1. The Kier molecular flexibility index (Phi) is 6.39. The number of benzene rings is 2. The Hall–Kier alpha value is -3.09. The molecule has 2 N–H and O–H groups in total. The molecule has 5 nitrogen and oxygen atoms in total. The van der Waals surface area contributed by atoms with Crippen molar-refractivity contribution in [3.8, 4) is 5.75 Å². The summed E-state index contributed by atoms with van der Waals surface area (Å²) in [4.78, 5) is 13.7. The summed E-state index contributed by atoms with van der Waals surface area (Å²) in [6.07, 6.45) is 0.934. The molecule has 0 saturated heterocycles. The van der Waals surface area contributed by atoms with Crippen molar-refractivity contribution in [1.29, 1.82) is 0 Å². The Morgan fingerprint density at radius 3 is 2.65 bits per heavy atom. The highest BCUT2D eigenvalue weighted by atomic mass is 32.1. The predicted molar refractivity (Wildman–Crippen MR) is 125 cm³/mol. The molecular formula is C25H26N2O3S. The average Bonchev–Trinajstić information content (AvgIpc) is 3.38. The van der Waals surface area contributed by atoms with Crippen LogP contribution in [0.15, 0.2) is 60.0 Å². The normalized spacial score (nSPS) is 11.2. The zero-order chi connectivity index (χ0) is 21.8. The van der Waals surface area contributed by atoms with Crippen LogP contribution in [0.1, 0.15) is 32.1 Å². The van der Waals surface area contributed by atoms with Crippen LogP contribution in [0.4, 0.5) is 0 Å². The molecule has 0 spiro atoms. The summed E-state index contributed by atoms with van der Waals surface area (Å²) in [7, 11) is 1.64. The lowest BCUT2D eigenvalue weighted by atomic mass is 10.1. The van der Waals surface area contributed by atoms with Gasteiger partial charge in [-0.25, -0.2) is 4.79 Å². The molecule has 31 heavy (non-hydrogen) atoms. The van der Waals surface area contributed by atoms with Gasteiger partial charge in [-0.15, -0.1) is 11.3 Å². The zero-order valence-electron chi connectivity index (χ0n) is 17.7. The number of rotatable bonds is 9. The maximum Gasteiger partial charge on any atom is 0.352 e. The fourth-order valence-corrected chi connectivity index (χ4v) is 4.62. The molecule has 6 heteroatoms. The third kappa shape index (κ3) is 4.65. The monoisotopic (exact) mass is 434 g/mol. The quantitative estimate of drug-likeness (QED) is 0.360. The summed E-state index contributed by atoms with van der Waals surface area (Å²) in [5.41, 5.74) is 4.26. The minimum absolute atomic E-state index is 0.347. The van der Waals surface area contributed by atoms with E-state index in [4.69, 9.17) is 4.74 Å². The van der Waals surface area contributed by atoms with E-state index in [1.54, 1.807) is 18.4 Å². The number of hydrogen-bond donors (Lipinski definition) is 2. The van der Waals surface area contributed by atoms with Crippen molar-refractivity contribution in [1.82, 2.24) is 9.88 Å². The Labute approximate surface area is 185 Å². The standard InChI is InChI=1S/C25H26N2O3S/c1-17-5-10-21-22(15-26-12-11-20-4-3-13-31-20)24(25(28)29)27(23(21)14-17)16-18-6-8-19(30-2)9-7-18/h3-10,13-14,26H,11-12,15-16H2,1-2H3,(H,28,29). The Balaban J connectivity index is 1.67. The molecule has 0 atom stereocenters. The number of aromatic carboxylic acids is 1. The molecule has 0 aliphatic heterocycles. The number of carbonyl (C=O) groups is 1. The lowest BCUT2D eigenvalue weighted by Crippen LogP contribution is -2.19. The summed E-state index contributed by atoms with van der Waals surface area (Å²) in [6.45, 7) is 3.84. The van der Waals surface area contributed by atoms with E-state index in [0.717, 1.165) is 46.3 Å². The lowest BCUT2D eigenvalue weighted by Gasteiger charge is -2.11. The molecule has 0 saturated carbocycles. The molecule has 2 aromatic carbocycles. The number of fused-ring (bicyclic) bond motifs is 1. The van der Waals surface area contributed by atoms with Crippen molar-refractivity contribution < 1.29 is 14.6 Å². The van der Waals surface area contributed by atoms with E-state index >= 15 is 0 Å². The van der Waals surface area contributed by atoms with Crippen molar-refractivity contribution in [2.45, 2.75) is 26.4 Å². The van der Waals surface area contributed by atoms with Crippen molar-refractivity contribution in [2.24, 2.45) is 0 Å². The number of methoxy groups -OCH3 is 1. The van der Waals surface area contributed by atoms with E-state index in [2.05, 4.69) is 28.9 Å². The maximum atomic E-state index is 12.3. The topological polar surface area (TPSA) is 63.5 Å². The van der Waals surface area contributed by atoms with Gasteiger partial charge in [-0.3, -0.25) is 0 Å². The van der Waals surface area contributed by atoms with Gasteiger partial charge in [-0.2, -0.15) is 0 Å². The van der Waals surface area contributed by atoms with Gasteiger partial charge < -0.3 is 19.7 Å². The highest BCUT2D eigenvalue weighted by molar-refractivity contribution is 7.09. The molecule has 2 aromatic heterocycles. The van der Waals surface area contributed by atoms with Gasteiger partial charge in [0, 0.05) is 41.0 Å². The average molecular weight is 435 g/mol. The fourth-order valence-electron chi connectivity index (χ4n) is 3.91. The predicted octanol–water partition coefficient (Wildman–Crippen LogP) is 5.10. The van der Waals surface area contributed by atoms with Crippen LogP contribution in [0.3, 0.4) is 0 Å². The van der Waals surface area contributed by atoms with Gasteiger partial charge >= 0.3 is 5.97 Å². The number of carboxylic acid groups (broad SMARTS) is 1. The molecule has 0 unspecified atom stereocenters. The molecule has 4 aromatic rings. The number of aromatic nitrogens is 1. The van der Waals surface area contributed by atoms with Crippen molar-refractivity contribution in [3.05, 3.63) is 87.2 Å². The van der Waals surface area contributed by atoms with Crippen molar-refractivity contribution in [3.63, 3.8) is 0 Å². The number of thiophene rings is 1. The number of ether oxygens (including phenoxy) is 1. The number of nitrogens with zero attached hydrogens (tertiary/aromatic N) is 1. The Morgan fingerprint density at radius 2 is 1.97 bits per heavy atom. The van der Waals surface area contributed by atoms with Crippen LogP contribution in [-0.2, 0) is 19.5 Å². The molecular weight excluding hydrogens is 408 g/mol. The van der Waals surface area contributed by atoms with Crippen LogP contribution in [-0.4, -0.2) is 29.3 Å². The summed E-state index contributed by atoms with van der Waals surface area (Å²) >= 11 is 1.74. The molecule has 0 aliphatic carbocycles. The molecule has 0 aliphatic rings. The summed E-state index contributed by atoms with van der Waals surface area (Å²) in [6, 6.07) is 18.1. The van der Waals surface area contributed by atoms with Gasteiger partial charge in [0.25, 0.3) is 0 Å². The third-order valence-electron chi connectivity index (χ3n) is 5.46. The first-order valence-corrected chi connectivity index (χ1v) is 11.2. The van der Waals surface area contributed by atoms with Gasteiger partial charge in [-0.05, 0) is 54.1 Å².